The Morgan fingerprint density at radius 1 is 1.44 bits per heavy atom. The number of furan rings is 1. The Bertz CT molecular complexity index is 641. The summed E-state index contributed by atoms with van der Waals surface area (Å²) in [7, 11) is 0. The van der Waals surface area contributed by atoms with Crippen molar-refractivity contribution in [3.63, 3.8) is 0 Å². The van der Waals surface area contributed by atoms with Gasteiger partial charge in [0.05, 0.1) is 16.8 Å². The minimum atomic E-state index is -0.304. The number of halogens is 1. The van der Waals surface area contributed by atoms with Crippen LogP contribution in [0.3, 0.4) is 0 Å². The first-order valence-corrected chi connectivity index (χ1v) is 5.95. The van der Waals surface area contributed by atoms with Crippen LogP contribution in [0.5, 0.6) is 0 Å². The average Bonchev–Trinajstić information content (AvgIpc) is 2.76. The lowest BCUT2D eigenvalue weighted by molar-refractivity contribution is 0.102. The van der Waals surface area contributed by atoms with Crippen molar-refractivity contribution in [2.75, 3.05) is 5.32 Å². The smallest absolute Gasteiger partial charge is 0.258 e. The number of nitrogens with zero attached hydrogens (tertiary/aromatic N) is 1. The van der Waals surface area contributed by atoms with Gasteiger partial charge in [0.15, 0.2) is 0 Å². The summed E-state index contributed by atoms with van der Waals surface area (Å²) in [6, 6.07) is 8.73. The van der Waals surface area contributed by atoms with Crippen molar-refractivity contribution in [1.29, 1.82) is 5.26 Å². The fourth-order valence-corrected chi connectivity index (χ4v) is 1.84. The molecule has 0 radical (unpaired) electrons. The lowest BCUT2D eigenvalue weighted by Gasteiger charge is -2.06. The fourth-order valence-electron chi connectivity index (χ4n) is 1.47. The zero-order valence-electron chi connectivity index (χ0n) is 9.53. The van der Waals surface area contributed by atoms with Crippen LogP contribution >= 0.6 is 15.9 Å². The number of carbonyl (C=O) groups excluding carboxylic acids is 1. The first-order chi connectivity index (χ1) is 8.60. The Balaban J connectivity index is 2.27. The van der Waals surface area contributed by atoms with Crippen LogP contribution in [0.1, 0.15) is 21.7 Å². The van der Waals surface area contributed by atoms with E-state index in [9.17, 15) is 4.79 Å². The second-order valence-electron chi connectivity index (χ2n) is 3.70. The molecule has 5 heteroatoms. The normalized spacial score (nSPS) is 9.83. The van der Waals surface area contributed by atoms with Crippen molar-refractivity contribution in [2.24, 2.45) is 0 Å². The van der Waals surface area contributed by atoms with Crippen LogP contribution in [0.4, 0.5) is 5.69 Å². The summed E-state index contributed by atoms with van der Waals surface area (Å²) in [5.41, 5.74) is 1.30. The lowest BCUT2D eigenvalue weighted by Crippen LogP contribution is -2.11. The Hall–Kier alpha value is -2.06. The van der Waals surface area contributed by atoms with Crippen LogP contribution in [-0.2, 0) is 0 Å². The van der Waals surface area contributed by atoms with Gasteiger partial charge in [0.1, 0.15) is 18.1 Å². The van der Waals surface area contributed by atoms with Crippen molar-refractivity contribution in [3.05, 3.63) is 51.9 Å². The number of hydrogen-bond acceptors (Lipinski definition) is 3. The highest BCUT2D eigenvalue weighted by atomic mass is 79.9. The highest BCUT2D eigenvalue weighted by Crippen LogP contribution is 2.21. The molecule has 0 fully saturated rings. The standard InChI is InChI=1S/C13H9BrN2O2/c1-8-4-10(7-18-8)13(17)16-12-5-11(14)3-2-9(12)6-15/h2-5,7H,1H3,(H,16,17). The molecule has 2 aromatic rings. The predicted molar refractivity (Wildman–Crippen MR) is 70.3 cm³/mol. The SMILES string of the molecule is Cc1cc(C(=O)Nc2cc(Br)ccc2C#N)co1. The second kappa shape index (κ2) is 5.07. The van der Waals surface area contributed by atoms with E-state index < -0.39 is 0 Å². The van der Waals surface area contributed by atoms with Crippen LogP contribution in [0.2, 0.25) is 0 Å². The van der Waals surface area contributed by atoms with Gasteiger partial charge in [-0.2, -0.15) is 5.26 Å². The molecule has 0 saturated heterocycles. The van der Waals surface area contributed by atoms with Crippen LogP contribution in [0.25, 0.3) is 0 Å². The van der Waals surface area contributed by atoms with Crippen LogP contribution in [0, 0.1) is 18.3 Å². The van der Waals surface area contributed by atoms with Crippen molar-refractivity contribution in [2.45, 2.75) is 6.92 Å². The summed E-state index contributed by atoms with van der Waals surface area (Å²) in [5.74, 6) is 0.358. The molecule has 0 spiro atoms. The molecular formula is C13H9BrN2O2. The van der Waals surface area contributed by atoms with Gasteiger partial charge in [-0.05, 0) is 31.2 Å². The molecule has 1 aromatic carbocycles. The molecule has 0 saturated carbocycles. The molecule has 0 unspecified atom stereocenters. The molecule has 4 nitrogen and oxygen atoms in total. The van der Waals surface area contributed by atoms with Gasteiger partial charge >= 0.3 is 0 Å². The van der Waals surface area contributed by atoms with E-state index in [1.54, 1.807) is 31.2 Å². The molecule has 18 heavy (non-hydrogen) atoms. The van der Waals surface area contributed by atoms with E-state index in [2.05, 4.69) is 21.2 Å². The summed E-state index contributed by atoms with van der Waals surface area (Å²) >= 11 is 3.30. The van der Waals surface area contributed by atoms with Crippen molar-refractivity contribution >= 4 is 27.5 Å². The fraction of sp³-hybridized carbons (Fsp3) is 0.0769. The molecule has 2 rings (SSSR count). The number of anilines is 1. The molecule has 0 atom stereocenters. The molecule has 0 aliphatic rings. The minimum absolute atomic E-state index is 0.304. The summed E-state index contributed by atoms with van der Waals surface area (Å²) in [6.45, 7) is 1.76. The quantitative estimate of drug-likeness (QED) is 0.923. The molecule has 1 aromatic heterocycles. The number of nitriles is 1. The molecule has 90 valence electrons. The van der Waals surface area contributed by atoms with E-state index in [4.69, 9.17) is 9.68 Å². The van der Waals surface area contributed by atoms with Crippen molar-refractivity contribution < 1.29 is 9.21 Å². The van der Waals surface area contributed by atoms with Gasteiger partial charge in [-0.25, -0.2) is 0 Å². The number of benzene rings is 1. The third kappa shape index (κ3) is 2.60. The molecule has 1 heterocycles. The number of rotatable bonds is 2. The maximum absolute atomic E-state index is 11.9. The second-order valence-corrected chi connectivity index (χ2v) is 4.62. The third-order valence-corrected chi connectivity index (χ3v) is 2.84. The van der Waals surface area contributed by atoms with Gasteiger partial charge < -0.3 is 9.73 Å². The van der Waals surface area contributed by atoms with Crippen molar-refractivity contribution in [3.8, 4) is 6.07 Å². The zero-order chi connectivity index (χ0) is 13.1. The number of hydrogen-bond donors (Lipinski definition) is 1. The number of aryl methyl sites for hydroxylation is 1. The molecule has 0 aliphatic carbocycles. The zero-order valence-corrected chi connectivity index (χ0v) is 11.1. The largest absolute Gasteiger partial charge is 0.469 e. The Kier molecular flexibility index (Phi) is 3.49. The molecule has 0 bridgehead atoms. The van der Waals surface area contributed by atoms with E-state index in [1.165, 1.54) is 6.26 Å². The summed E-state index contributed by atoms with van der Waals surface area (Å²) in [5, 5.41) is 11.6. The van der Waals surface area contributed by atoms with Gasteiger partial charge in [0.2, 0.25) is 0 Å². The molecule has 1 amide bonds. The maximum Gasteiger partial charge on any atom is 0.258 e. The summed E-state index contributed by atoms with van der Waals surface area (Å²) in [4.78, 5) is 11.9. The van der Waals surface area contributed by atoms with E-state index in [-0.39, 0.29) is 5.91 Å². The highest BCUT2D eigenvalue weighted by molar-refractivity contribution is 9.10. The average molecular weight is 305 g/mol. The number of amides is 1. The summed E-state index contributed by atoms with van der Waals surface area (Å²) < 4.78 is 5.86. The minimum Gasteiger partial charge on any atom is -0.469 e. The van der Waals surface area contributed by atoms with E-state index in [0.29, 0.717) is 22.6 Å². The molecular weight excluding hydrogens is 296 g/mol. The molecule has 1 N–H and O–H groups in total. The summed E-state index contributed by atoms with van der Waals surface area (Å²) in [6.07, 6.45) is 1.38. The van der Waals surface area contributed by atoms with Gasteiger partial charge in [0.25, 0.3) is 5.91 Å². The Morgan fingerprint density at radius 3 is 2.83 bits per heavy atom. The van der Waals surface area contributed by atoms with Crippen molar-refractivity contribution in [1.82, 2.24) is 0 Å². The van der Waals surface area contributed by atoms with Gasteiger partial charge in [-0.1, -0.05) is 15.9 Å². The topological polar surface area (TPSA) is 66.0 Å². The van der Waals surface area contributed by atoms with E-state index in [0.717, 1.165) is 4.47 Å². The lowest BCUT2D eigenvalue weighted by atomic mass is 10.2. The maximum atomic E-state index is 11.9. The number of carbonyl (C=O) groups is 1. The Labute approximate surface area is 112 Å². The van der Waals surface area contributed by atoms with Gasteiger partial charge in [0, 0.05) is 4.47 Å². The first kappa shape index (κ1) is 12.4. The van der Waals surface area contributed by atoms with E-state index in [1.807, 2.05) is 6.07 Å². The van der Waals surface area contributed by atoms with Gasteiger partial charge in [-0.15, -0.1) is 0 Å². The van der Waals surface area contributed by atoms with Gasteiger partial charge in [-0.3, -0.25) is 4.79 Å². The third-order valence-electron chi connectivity index (χ3n) is 2.34. The van der Waals surface area contributed by atoms with Crippen LogP contribution in [-0.4, -0.2) is 5.91 Å². The Morgan fingerprint density at radius 2 is 2.22 bits per heavy atom. The van der Waals surface area contributed by atoms with E-state index >= 15 is 0 Å². The first-order valence-electron chi connectivity index (χ1n) is 5.16. The van der Waals surface area contributed by atoms with Crippen LogP contribution in [0.15, 0.2) is 39.4 Å². The molecule has 0 aliphatic heterocycles. The predicted octanol–water partition coefficient (Wildman–Crippen LogP) is 3.47. The number of nitrogens with one attached hydrogen (secondary N) is 1. The highest BCUT2D eigenvalue weighted by Gasteiger charge is 2.11. The van der Waals surface area contributed by atoms with Crippen LogP contribution < -0.4 is 5.32 Å². The monoisotopic (exact) mass is 304 g/mol.